The van der Waals surface area contributed by atoms with E-state index in [4.69, 9.17) is 9.47 Å². The SMILES string of the molecule is CCOC(OCC)c1cn(Cc2cc(C)ccc2C)nn1. The monoisotopic (exact) mass is 289 g/mol. The summed E-state index contributed by atoms with van der Waals surface area (Å²) < 4.78 is 12.9. The molecule has 0 saturated heterocycles. The average Bonchev–Trinajstić information content (AvgIpc) is 2.91. The first-order valence-electron chi connectivity index (χ1n) is 7.33. The lowest BCUT2D eigenvalue weighted by Crippen LogP contribution is -2.09. The van der Waals surface area contributed by atoms with Crippen LogP contribution in [0, 0.1) is 13.8 Å². The molecule has 1 heterocycles. The molecule has 114 valence electrons. The van der Waals surface area contributed by atoms with Crippen molar-refractivity contribution in [1.82, 2.24) is 15.0 Å². The van der Waals surface area contributed by atoms with Gasteiger partial charge in [0.1, 0.15) is 5.69 Å². The van der Waals surface area contributed by atoms with Crippen molar-refractivity contribution in [2.24, 2.45) is 0 Å². The second kappa shape index (κ2) is 7.33. The number of nitrogens with zero attached hydrogens (tertiary/aromatic N) is 3. The van der Waals surface area contributed by atoms with E-state index >= 15 is 0 Å². The molecule has 0 atom stereocenters. The van der Waals surface area contributed by atoms with Gasteiger partial charge in [0.15, 0.2) is 0 Å². The van der Waals surface area contributed by atoms with Gasteiger partial charge >= 0.3 is 0 Å². The van der Waals surface area contributed by atoms with Crippen LogP contribution in [0.4, 0.5) is 0 Å². The lowest BCUT2D eigenvalue weighted by atomic mass is 10.1. The van der Waals surface area contributed by atoms with Crippen LogP contribution in [0.25, 0.3) is 0 Å². The molecule has 0 amide bonds. The molecular weight excluding hydrogens is 266 g/mol. The van der Waals surface area contributed by atoms with Gasteiger partial charge < -0.3 is 9.47 Å². The molecule has 1 aromatic carbocycles. The van der Waals surface area contributed by atoms with Gasteiger partial charge in [0.05, 0.1) is 12.7 Å². The highest BCUT2D eigenvalue weighted by molar-refractivity contribution is 5.30. The standard InChI is InChI=1S/C16H23N3O2/c1-5-20-16(21-6-2)15-11-19(18-17-15)10-14-9-12(3)7-8-13(14)4/h7-9,11,16H,5-6,10H2,1-4H3. The Hall–Kier alpha value is -1.72. The molecule has 0 unspecified atom stereocenters. The molecule has 2 rings (SSSR count). The van der Waals surface area contributed by atoms with E-state index in [2.05, 4.69) is 42.4 Å². The first-order chi connectivity index (χ1) is 10.1. The van der Waals surface area contributed by atoms with Gasteiger partial charge in [0.25, 0.3) is 0 Å². The first-order valence-corrected chi connectivity index (χ1v) is 7.33. The second-order valence-electron chi connectivity index (χ2n) is 5.01. The highest BCUT2D eigenvalue weighted by Gasteiger charge is 2.15. The molecule has 1 aromatic heterocycles. The van der Waals surface area contributed by atoms with Crippen LogP contribution in [0.15, 0.2) is 24.4 Å². The Labute approximate surface area is 125 Å². The van der Waals surface area contributed by atoms with Gasteiger partial charge in [-0.2, -0.15) is 0 Å². The zero-order valence-electron chi connectivity index (χ0n) is 13.2. The van der Waals surface area contributed by atoms with Gasteiger partial charge in [-0.25, -0.2) is 4.68 Å². The quantitative estimate of drug-likeness (QED) is 0.735. The van der Waals surface area contributed by atoms with Crippen LogP contribution < -0.4 is 0 Å². The van der Waals surface area contributed by atoms with Crippen LogP contribution in [0.1, 0.15) is 42.5 Å². The van der Waals surface area contributed by atoms with Crippen molar-refractivity contribution >= 4 is 0 Å². The van der Waals surface area contributed by atoms with Gasteiger partial charge in [-0.1, -0.05) is 29.0 Å². The van der Waals surface area contributed by atoms with Crippen molar-refractivity contribution in [1.29, 1.82) is 0 Å². The molecular formula is C16H23N3O2. The summed E-state index contributed by atoms with van der Waals surface area (Å²) in [5, 5.41) is 8.34. The van der Waals surface area contributed by atoms with E-state index in [9.17, 15) is 0 Å². The van der Waals surface area contributed by atoms with Crippen molar-refractivity contribution in [2.75, 3.05) is 13.2 Å². The maximum atomic E-state index is 5.54. The second-order valence-corrected chi connectivity index (χ2v) is 5.01. The summed E-state index contributed by atoms with van der Waals surface area (Å²) in [6, 6.07) is 6.43. The average molecular weight is 289 g/mol. The Balaban J connectivity index is 2.13. The molecule has 0 N–H and O–H groups in total. The van der Waals surface area contributed by atoms with Gasteiger partial charge in [-0.05, 0) is 38.8 Å². The van der Waals surface area contributed by atoms with Gasteiger partial charge in [-0.15, -0.1) is 5.10 Å². The fourth-order valence-electron chi connectivity index (χ4n) is 2.17. The summed E-state index contributed by atoms with van der Waals surface area (Å²) in [4.78, 5) is 0. The Kier molecular flexibility index (Phi) is 5.47. The zero-order chi connectivity index (χ0) is 15.2. The number of hydrogen-bond donors (Lipinski definition) is 0. The summed E-state index contributed by atoms with van der Waals surface area (Å²) in [7, 11) is 0. The third kappa shape index (κ3) is 4.12. The molecule has 5 nitrogen and oxygen atoms in total. The maximum Gasteiger partial charge on any atom is 0.204 e. The molecule has 0 bridgehead atoms. The van der Waals surface area contributed by atoms with Crippen LogP contribution in [0.5, 0.6) is 0 Å². The maximum absolute atomic E-state index is 5.54. The molecule has 5 heteroatoms. The lowest BCUT2D eigenvalue weighted by molar-refractivity contribution is -0.142. The Morgan fingerprint density at radius 3 is 2.52 bits per heavy atom. The fraction of sp³-hybridized carbons (Fsp3) is 0.500. The van der Waals surface area contributed by atoms with E-state index in [0.29, 0.717) is 25.5 Å². The minimum absolute atomic E-state index is 0.438. The highest BCUT2D eigenvalue weighted by atomic mass is 16.7. The summed E-state index contributed by atoms with van der Waals surface area (Å²) in [6.45, 7) is 9.93. The number of rotatable bonds is 7. The molecule has 0 aliphatic rings. The van der Waals surface area contributed by atoms with E-state index in [1.165, 1.54) is 16.7 Å². The van der Waals surface area contributed by atoms with E-state index < -0.39 is 6.29 Å². The van der Waals surface area contributed by atoms with Crippen LogP contribution in [0.3, 0.4) is 0 Å². The van der Waals surface area contributed by atoms with Crippen molar-refractivity contribution in [3.05, 3.63) is 46.8 Å². The Morgan fingerprint density at radius 2 is 1.86 bits per heavy atom. The molecule has 0 fully saturated rings. The molecule has 0 spiro atoms. The predicted molar refractivity (Wildman–Crippen MR) is 81.0 cm³/mol. The molecule has 2 aromatic rings. The smallest absolute Gasteiger partial charge is 0.204 e. The summed E-state index contributed by atoms with van der Waals surface area (Å²) >= 11 is 0. The minimum Gasteiger partial charge on any atom is -0.347 e. The number of hydrogen-bond acceptors (Lipinski definition) is 4. The van der Waals surface area contributed by atoms with Gasteiger partial charge in [-0.3, -0.25) is 0 Å². The third-order valence-electron chi connectivity index (χ3n) is 3.27. The summed E-state index contributed by atoms with van der Waals surface area (Å²) in [5.74, 6) is 0. The number of benzene rings is 1. The summed E-state index contributed by atoms with van der Waals surface area (Å²) in [5.41, 5.74) is 4.46. The van der Waals surface area contributed by atoms with Crippen LogP contribution in [-0.2, 0) is 16.0 Å². The highest BCUT2D eigenvalue weighted by Crippen LogP contribution is 2.17. The van der Waals surface area contributed by atoms with Gasteiger partial charge in [0.2, 0.25) is 6.29 Å². The molecule has 0 aliphatic heterocycles. The van der Waals surface area contributed by atoms with Crippen LogP contribution in [0.2, 0.25) is 0 Å². The molecule has 21 heavy (non-hydrogen) atoms. The Morgan fingerprint density at radius 1 is 1.14 bits per heavy atom. The fourth-order valence-corrected chi connectivity index (χ4v) is 2.17. The van der Waals surface area contributed by atoms with E-state index in [0.717, 1.165) is 0 Å². The Bertz CT molecular complexity index is 575. The number of aromatic nitrogens is 3. The normalized spacial score (nSPS) is 11.3. The first kappa shape index (κ1) is 15.7. The lowest BCUT2D eigenvalue weighted by Gasteiger charge is -2.13. The van der Waals surface area contributed by atoms with Crippen molar-refractivity contribution in [3.63, 3.8) is 0 Å². The number of ether oxygens (including phenoxy) is 2. The summed E-state index contributed by atoms with van der Waals surface area (Å²) in [6.07, 6.45) is 1.45. The van der Waals surface area contributed by atoms with E-state index in [1.54, 1.807) is 0 Å². The van der Waals surface area contributed by atoms with Gasteiger partial charge in [0, 0.05) is 13.2 Å². The van der Waals surface area contributed by atoms with Crippen molar-refractivity contribution < 1.29 is 9.47 Å². The van der Waals surface area contributed by atoms with Crippen molar-refractivity contribution in [2.45, 2.75) is 40.5 Å². The van der Waals surface area contributed by atoms with E-state index in [-0.39, 0.29) is 0 Å². The number of aryl methyl sites for hydroxylation is 2. The minimum atomic E-state index is -0.438. The topological polar surface area (TPSA) is 49.2 Å². The van der Waals surface area contributed by atoms with Crippen LogP contribution >= 0.6 is 0 Å². The third-order valence-corrected chi connectivity index (χ3v) is 3.27. The van der Waals surface area contributed by atoms with E-state index in [1.807, 2.05) is 24.7 Å². The van der Waals surface area contributed by atoms with Crippen molar-refractivity contribution in [3.8, 4) is 0 Å². The van der Waals surface area contributed by atoms with Crippen LogP contribution in [-0.4, -0.2) is 28.2 Å². The largest absolute Gasteiger partial charge is 0.347 e. The predicted octanol–water partition coefficient (Wildman–Crippen LogP) is 3.01. The zero-order valence-corrected chi connectivity index (χ0v) is 13.2. The molecule has 0 aliphatic carbocycles. The molecule has 0 radical (unpaired) electrons. The molecule has 0 saturated carbocycles.